The van der Waals surface area contributed by atoms with Crippen molar-refractivity contribution in [2.75, 3.05) is 10.7 Å². The van der Waals surface area contributed by atoms with E-state index in [0.29, 0.717) is 11.8 Å². The second-order valence-corrected chi connectivity index (χ2v) is 5.16. The van der Waals surface area contributed by atoms with E-state index in [2.05, 4.69) is 60.9 Å². The maximum atomic E-state index is 5.29. The molecule has 0 fully saturated rings. The van der Waals surface area contributed by atoms with Crippen molar-refractivity contribution in [2.24, 2.45) is 5.84 Å². The van der Waals surface area contributed by atoms with Crippen molar-refractivity contribution in [1.29, 1.82) is 0 Å². The highest BCUT2D eigenvalue weighted by Crippen LogP contribution is 2.24. The Hall–Kier alpha value is -2.18. The quantitative estimate of drug-likeness (QED) is 0.507. The molecule has 6 heteroatoms. The van der Waals surface area contributed by atoms with Gasteiger partial charge in [-0.3, -0.25) is 5.43 Å². The molecule has 0 bridgehead atoms. The van der Waals surface area contributed by atoms with Crippen LogP contribution in [0.4, 0.5) is 17.5 Å². The molecule has 20 heavy (non-hydrogen) atoms. The van der Waals surface area contributed by atoms with Crippen LogP contribution in [0.5, 0.6) is 0 Å². The van der Waals surface area contributed by atoms with Gasteiger partial charge < -0.3 is 5.32 Å². The van der Waals surface area contributed by atoms with Crippen LogP contribution < -0.4 is 16.6 Å². The van der Waals surface area contributed by atoms with Gasteiger partial charge in [0.25, 0.3) is 0 Å². The number of halogens is 1. The van der Waals surface area contributed by atoms with Gasteiger partial charge in [-0.25, -0.2) is 10.8 Å². The van der Waals surface area contributed by atoms with Crippen LogP contribution in [0.2, 0.25) is 0 Å². The summed E-state index contributed by atoms with van der Waals surface area (Å²) in [5, 5.41) is 5.56. The molecule has 0 amide bonds. The summed E-state index contributed by atoms with van der Waals surface area (Å²) in [6, 6.07) is 14.1. The summed E-state index contributed by atoms with van der Waals surface area (Å²) in [4.78, 5) is 8.18. The van der Waals surface area contributed by atoms with E-state index >= 15 is 0 Å². The first-order chi connectivity index (χ1) is 9.74. The molecule has 0 atom stereocenters. The van der Waals surface area contributed by atoms with Crippen LogP contribution in [0.15, 0.2) is 53.1 Å². The zero-order chi connectivity index (χ0) is 13.9. The first kappa shape index (κ1) is 12.8. The fourth-order valence-corrected chi connectivity index (χ4v) is 2.32. The molecule has 3 rings (SSSR count). The lowest BCUT2D eigenvalue weighted by atomic mass is 10.1. The van der Waals surface area contributed by atoms with E-state index in [1.165, 1.54) is 5.39 Å². The van der Waals surface area contributed by atoms with Gasteiger partial charge >= 0.3 is 0 Å². The predicted molar refractivity (Wildman–Crippen MR) is 84.8 cm³/mol. The van der Waals surface area contributed by atoms with Crippen LogP contribution >= 0.6 is 15.9 Å². The highest BCUT2D eigenvalue weighted by atomic mass is 79.9. The van der Waals surface area contributed by atoms with E-state index in [0.717, 1.165) is 15.5 Å². The second-order valence-electron chi connectivity index (χ2n) is 4.24. The van der Waals surface area contributed by atoms with E-state index in [1.54, 1.807) is 12.3 Å². The molecule has 0 aliphatic heterocycles. The Morgan fingerprint density at radius 1 is 1.00 bits per heavy atom. The fraction of sp³-hybridized carbons (Fsp3) is 0. The number of anilines is 3. The van der Waals surface area contributed by atoms with Crippen LogP contribution in [-0.2, 0) is 0 Å². The Morgan fingerprint density at radius 3 is 2.65 bits per heavy atom. The van der Waals surface area contributed by atoms with Gasteiger partial charge in [0.2, 0.25) is 5.95 Å². The fourth-order valence-electron chi connectivity index (χ4n) is 1.94. The largest absolute Gasteiger partial charge is 0.340 e. The number of nitrogens with zero attached hydrogens (tertiary/aromatic N) is 2. The molecule has 0 saturated heterocycles. The lowest BCUT2D eigenvalue weighted by Gasteiger charge is -2.08. The minimum Gasteiger partial charge on any atom is -0.340 e. The number of aromatic nitrogens is 2. The second kappa shape index (κ2) is 5.44. The zero-order valence-electron chi connectivity index (χ0n) is 10.5. The SMILES string of the molecule is NNc1nccc(Nc2ccc3cc(Br)ccc3c2)n1. The molecule has 1 heterocycles. The third-order valence-corrected chi connectivity index (χ3v) is 3.35. The predicted octanol–water partition coefficient (Wildman–Crippen LogP) is 3.42. The monoisotopic (exact) mass is 329 g/mol. The van der Waals surface area contributed by atoms with Crippen molar-refractivity contribution in [1.82, 2.24) is 9.97 Å². The highest BCUT2D eigenvalue weighted by molar-refractivity contribution is 9.10. The third-order valence-electron chi connectivity index (χ3n) is 2.86. The molecule has 0 aliphatic carbocycles. The first-order valence-electron chi connectivity index (χ1n) is 6.00. The molecule has 100 valence electrons. The van der Waals surface area contributed by atoms with Gasteiger partial charge in [0, 0.05) is 16.4 Å². The van der Waals surface area contributed by atoms with Crippen molar-refractivity contribution in [3.05, 3.63) is 53.1 Å². The van der Waals surface area contributed by atoms with Gasteiger partial charge in [0.05, 0.1) is 0 Å². The Kier molecular flexibility index (Phi) is 3.49. The number of nitrogens with one attached hydrogen (secondary N) is 2. The molecule has 0 saturated carbocycles. The highest BCUT2D eigenvalue weighted by Gasteiger charge is 2.01. The molecule has 2 aromatic carbocycles. The summed E-state index contributed by atoms with van der Waals surface area (Å²) in [5.41, 5.74) is 3.38. The number of hydrogen-bond donors (Lipinski definition) is 3. The molecule has 0 unspecified atom stereocenters. The van der Waals surface area contributed by atoms with Crippen molar-refractivity contribution < 1.29 is 0 Å². The van der Waals surface area contributed by atoms with E-state index < -0.39 is 0 Å². The number of hydrogen-bond acceptors (Lipinski definition) is 5. The van der Waals surface area contributed by atoms with E-state index in [1.807, 2.05) is 12.1 Å². The molecule has 4 N–H and O–H groups in total. The molecule has 5 nitrogen and oxygen atoms in total. The number of nitrogens with two attached hydrogens (primary N) is 1. The maximum absolute atomic E-state index is 5.29. The summed E-state index contributed by atoms with van der Waals surface area (Å²) in [7, 11) is 0. The molecule has 1 aromatic heterocycles. The van der Waals surface area contributed by atoms with Crippen LogP contribution in [0.3, 0.4) is 0 Å². The van der Waals surface area contributed by atoms with Gasteiger partial charge in [0.15, 0.2) is 0 Å². The zero-order valence-corrected chi connectivity index (χ0v) is 12.1. The third kappa shape index (κ3) is 2.71. The number of benzene rings is 2. The van der Waals surface area contributed by atoms with Crippen LogP contribution in [0.1, 0.15) is 0 Å². The van der Waals surface area contributed by atoms with Crippen LogP contribution in [0, 0.1) is 0 Å². The number of hydrazine groups is 1. The van der Waals surface area contributed by atoms with Crippen LogP contribution in [0.25, 0.3) is 10.8 Å². The van der Waals surface area contributed by atoms with Gasteiger partial charge in [-0.2, -0.15) is 4.98 Å². The molecule has 0 aliphatic rings. The number of fused-ring (bicyclic) bond motifs is 1. The summed E-state index contributed by atoms with van der Waals surface area (Å²) in [6.45, 7) is 0. The Bertz CT molecular complexity index is 759. The standard InChI is InChI=1S/C14H12BrN5/c15-11-3-1-10-8-12(4-2-9(10)7-11)18-13-5-6-17-14(19-13)20-16/h1-8H,16H2,(H2,17,18,19,20). The molecule has 0 spiro atoms. The Morgan fingerprint density at radius 2 is 1.80 bits per heavy atom. The van der Waals surface area contributed by atoms with Gasteiger partial charge in [-0.1, -0.05) is 28.1 Å². The Balaban J connectivity index is 1.92. The lowest BCUT2D eigenvalue weighted by Crippen LogP contribution is -2.10. The summed E-state index contributed by atoms with van der Waals surface area (Å²) in [5.74, 6) is 6.35. The van der Waals surface area contributed by atoms with E-state index in [9.17, 15) is 0 Å². The topological polar surface area (TPSA) is 75.9 Å². The van der Waals surface area contributed by atoms with E-state index in [-0.39, 0.29) is 0 Å². The summed E-state index contributed by atoms with van der Waals surface area (Å²) < 4.78 is 1.07. The molecule has 3 aromatic rings. The number of nitrogen functional groups attached to an aromatic ring is 1. The minimum absolute atomic E-state index is 0.375. The molecular formula is C14H12BrN5. The van der Waals surface area contributed by atoms with Crippen molar-refractivity contribution in [3.63, 3.8) is 0 Å². The van der Waals surface area contributed by atoms with E-state index in [4.69, 9.17) is 5.84 Å². The van der Waals surface area contributed by atoms with Crippen molar-refractivity contribution in [2.45, 2.75) is 0 Å². The minimum atomic E-state index is 0.375. The van der Waals surface area contributed by atoms with Crippen molar-refractivity contribution >= 4 is 44.2 Å². The molecular weight excluding hydrogens is 318 g/mol. The average Bonchev–Trinajstić information content (AvgIpc) is 2.47. The number of rotatable bonds is 3. The summed E-state index contributed by atoms with van der Waals surface area (Å²) in [6.07, 6.45) is 1.64. The molecule has 0 radical (unpaired) electrons. The van der Waals surface area contributed by atoms with Crippen LogP contribution in [-0.4, -0.2) is 9.97 Å². The normalized spacial score (nSPS) is 10.5. The lowest BCUT2D eigenvalue weighted by molar-refractivity contribution is 1.12. The van der Waals surface area contributed by atoms with Gasteiger partial charge in [-0.15, -0.1) is 0 Å². The average molecular weight is 330 g/mol. The maximum Gasteiger partial charge on any atom is 0.239 e. The van der Waals surface area contributed by atoms with Gasteiger partial charge in [0.1, 0.15) is 5.82 Å². The van der Waals surface area contributed by atoms with Gasteiger partial charge in [-0.05, 0) is 41.1 Å². The summed E-state index contributed by atoms with van der Waals surface area (Å²) >= 11 is 3.47. The van der Waals surface area contributed by atoms with Crippen molar-refractivity contribution in [3.8, 4) is 0 Å². The Labute approximate surface area is 124 Å². The first-order valence-corrected chi connectivity index (χ1v) is 6.80. The smallest absolute Gasteiger partial charge is 0.239 e.